The third kappa shape index (κ3) is 5.28. The third-order valence-electron chi connectivity index (χ3n) is 3.97. The van der Waals surface area contributed by atoms with E-state index in [0.717, 1.165) is 6.07 Å². The highest BCUT2D eigenvalue weighted by Gasteiger charge is 2.32. The molecule has 1 aromatic carbocycles. The first-order valence-electron chi connectivity index (χ1n) is 8.75. The van der Waals surface area contributed by atoms with E-state index in [4.69, 9.17) is 20.0 Å². The molecular formula is C20H14F4N4O4. The lowest BCUT2D eigenvalue weighted by molar-refractivity contribution is -0.137. The van der Waals surface area contributed by atoms with Crippen molar-refractivity contribution in [1.29, 1.82) is 10.8 Å². The van der Waals surface area contributed by atoms with Crippen molar-refractivity contribution in [2.75, 3.05) is 12.2 Å². The lowest BCUT2D eigenvalue weighted by Crippen LogP contribution is -2.17. The van der Waals surface area contributed by atoms with Crippen LogP contribution in [0.5, 0.6) is 5.75 Å². The average molecular weight is 450 g/mol. The molecule has 2 aromatic heterocycles. The van der Waals surface area contributed by atoms with Gasteiger partial charge in [-0.1, -0.05) is 0 Å². The minimum Gasteiger partial charge on any atom is -0.462 e. The van der Waals surface area contributed by atoms with E-state index < -0.39 is 47.6 Å². The molecule has 2 heterocycles. The summed E-state index contributed by atoms with van der Waals surface area (Å²) in [6.07, 6.45) is -2.19. The Bertz CT molecular complexity index is 1150. The summed E-state index contributed by atoms with van der Waals surface area (Å²) in [5, 5.41) is 18.0. The van der Waals surface area contributed by atoms with Crippen molar-refractivity contribution in [2.24, 2.45) is 0 Å². The molecule has 0 aliphatic rings. The van der Waals surface area contributed by atoms with Gasteiger partial charge >= 0.3 is 6.18 Å². The van der Waals surface area contributed by atoms with Gasteiger partial charge in [0.2, 0.25) is 12.8 Å². The second-order valence-corrected chi connectivity index (χ2v) is 6.08. The number of benzene rings is 1. The summed E-state index contributed by atoms with van der Waals surface area (Å²) in [5.74, 6) is -2.38. The molecule has 32 heavy (non-hydrogen) atoms. The minimum atomic E-state index is -4.73. The number of hydrogen-bond acceptors (Lipinski definition) is 7. The number of halogens is 4. The van der Waals surface area contributed by atoms with Crippen molar-refractivity contribution in [3.8, 4) is 5.75 Å². The SMILES string of the molecule is N=C(OC(=N)c1ccco1)c1ccnc(NC(=O)c2cc(C(F)(F)F)ccc2OCF)c1. The van der Waals surface area contributed by atoms with Crippen molar-refractivity contribution < 1.29 is 36.2 Å². The summed E-state index contributed by atoms with van der Waals surface area (Å²) in [7, 11) is 0. The van der Waals surface area contributed by atoms with Crippen molar-refractivity contribution in [1.82, 2.24) is 4.98 Å². The second kappa shape index (κ2) is 9.29. The molecule has 0 saturated carbocycles. The lowest BCUT2D eigenvalue weighted by atomic mass is 10.1. The fraction of sp³-hybridized carbons (Fsp3) is 0.100. The van der Waals surface area contributed by atoms with Crippen LogP contribution in [0.25, 0.3) is 0 Å². The Hall–Kier alpha value is -4.22. The first-order chi connectivity index (χ1) is 15.2. The molecule has 0 atom stereocenters. The van der Waals surface area contributed by atoms with Gasteiger partial charge in [-0.15, -0.1) is 0 Å². The van der Waals surface area contributed by atoms with Crippen molar-refractivity contribution in [3.05, 3.63) is 77.4 Å². The van der Waals surface area contributed by atoms with Crippen LogP contribution in [-0.2, 0) is 10.9 Å². The molecule has 3 rings (SSSR count). The Morgan fingerprint density at radius 2 is 1.91 bits per heavy atom. The number of pyridine rings is 1. The van der Waals surface area contributed by atoms with Gasteiger partial charge in [0.05, 0.1) is 17.4 Å². The number of aromatic nitrogens is 1. The van der Waals surface area contributed by atoms with E-state index in [9.17, 15) is 22.4 Å². The summed E-state index contributed by atoms with van der Waals surface area (Å²) in [5.41, 5.74) is -1.58. The molecule has 3 aromatic rings. The zero-order chi connectivity index (χ0) is 23.3. The number of carbonyl (C=O) groups excluding carboxylic acids is 1. The van der Waals surface area contributed by atoms with E-state index in [-0.39, 0.29) is 17.1 Å². The van der Waals surface area contributed by atoms with E-state index in [2.05, 4.69) is 15.0 Å². The van der Waals surface area contributed by atoms with Gasteiger partial charge in [-0.05, 0) is 42.5 Å². The van der Waals surface area contributed by atoms with Crippen molar-refractivity contribution >= 4 is 23.5 Å². The highest BCUT2D eigenvalue weighted by molar-refractivity contribution is 6.07. The molecule has 0 aliphatic carbocycles. The van der Waals surface area contributed by atoms with E-state index in [1.54, 1.807) is 0 Å². The van der Waals surface area contributed by atoms with E-state index in [1.165, 1.54) is 36.7 Å². The van der Waals surface area contributed by atoms with Gasteiger partial charge in [0.15, 0.2) is 5.76 Å². The molecule has 3 N–H and O–H groups in total. The molecule has 0 saturated heterocycles. The van der Waals surface area contributed by atoms with Gasteiger partial charge in [-0.3, -0.25) is 15.6 Å². The quantitative estimate of drug-likeness (QED) is 0.288. The van der Waals surface area contributed by atoms with Crippen molar-refractivity contribution in [3.63, 3.8) is 0 Å². The average Bonchev–Trinajstić information content (AvgIpc) is 3.28. The predicted molar refractivity (Wildman–Crippen MR) is 104 cm³/mol. The molecule has 0 spiro atoms. The van der Waals surface area contributed by atoms with Crippen LogP contribution in [0.4, 0.5) is 23.4 Å². The second-order valence-electron chi connectivity index (χ2n) is 6.08. The zero-order valence-corrected chi connectivity index (χ0v) is 16.0. The normalized spacial score (nSPS) is 11.0. The number of alkyl halides is 4. The van der Waals surface area contributed by atoms with Crippen LogP contribution in [0.3, 0.4) is 0 Å². The Morgan fingerprint density at radius 3 is 2.56 bits per heavy atom. The fourth-order valence-electron chi connectivity index (χ4n) is 2.51. The Balaban J connectivity index is 1.80. The summed E-state index contributed by atoms with van der Waals surface area (Å²) in [6, 6.07) is 7.58. The summed E-state index contributed by atoms with van der Waals surface area (Å²) >= 11 is 0. The summed E-state index contributed by atoms with van der Waals surface area (Å²) < 4.78 is 66.3. The van der Waals surface area contributed by atoms with Crippen LogP contribution >= 0.6 is 0 Å². The first-order valence-corrected chi connectivity index (χ1v) is 8.75. The zero-order valence-electron chi connectivity index (χ0n) is 16.0. The number of nitrogens with one attached hydrogen (secondary N) is 3. The molecule has 0 aliphatic heterocycles. The number of furan rings is 1. The molecule has 0 bridgehead atoms. The number of carbonyl (C=O) groups is 1. The molecular weight excluding hydrogens is 436 g/mol. The molecule has 1 amide bonds. The smallest absolute Gasteiger partial charge is 0.416 e. The monoisotopic (exact) mass is 450 g/mol. The highest BCUT2D eigenvalue weighted by atomic mass is 19.4. The highest BCUT2D eigenvalue weighted by Crippen LogP contribution is 2.33. The first kappa shape index (κ1) is 22.5. The minimum absolute atomic E-state index is 0.0854. The largest absolute Gasteiger partial charge is 0.462 e. The van der Waals surface area contributed by atoms with E-state index in [1.807, 2.05) is 0 Å². The number of ether oxygens (including phenoxy) is 2. The fourth-order valence-corrected chi connectivity index (χ4v) is 2.51. The molecule has 0 radical (unpaired) electrons. The van der Waals surface area contributed by atoms with Gasteiger partial charge in [0, 0.05) is 11.8 Å². The topological polar surface area (TPSA) is 121 Å². The van der Waals surface area contributed by atoms with Crippen LogP contribution in [0.15, 0.2) is 59.3 Å². The van der Waals surface area contributed by atoms with Crippen LogP contribution in [0.2, 0.25) is 0 Å². The predicted octanol–water partition coefficient (Wildman–Crippen LogP) is 4.62. The number of nitrogens with zero attached hydrogens (tertiary/aromatic N) is 1. The number of hydrogen-bond donors (Lipinski definition) is 3. The van der Waals surface area contributed by atoms with Gasteiger partial charge in [-0.2, -0.15) is 13.2 Å². The molecule has 8 nitrogen and oxygen atoms in total. The molecule has 166 valence electrons. The Labute approximate surface area is 177 Å². The lowest BCUT2D eigenvalue weighted by Gasteiger charge is -2.13. The van der Waals surface area contributed by atoms with Gasteiger partial charge in [0.1, 0.15) is 11.6 Å². The Morgan fingerprint density at radius 1 is 1.12 bits per heavy atom. The summed E-state index contributed by atoms with van der Waals surface area (Å²) in [4.78, 5) is 16.4. The van der Waals surface area contributed by atoms with Crippen LogP contribution < -0.4 is 10.1 Å². The summed E-state index contributed by atoms with van der Waals surface area (Å²) in [6.45, 7) is -1.35. The maximum absolute atomic E-state index is 13.0. The van der Waals surface area contributed by atoms with Crippen molar-refractivity contribution in [2.45, 2.75) is 6.18 Å². The number of anilines is 1. The molecule has 0 unspecified atom stereocenters. The van der Waals surface area contributed by atoms with Gasteiger partial charge in [0.25, 0.3) is 11.8 Å². The maximum atomic E-state index is 13.0. The molecule has 0 fully saturated rings. The number of amides is 1. The van der Waals surface area contributed by atoms with Gasteiger partial charge < -0.3 is 19.2 Å². The van der Waals surface area contributed by atoms with Gasteiger partial charge in [-0.25, -0.2) is 9.37 Å². The van der Waals surface area contributed by atoms with Crippen LogP contribution in [0, 0.1) is 10.8 Å². The third-order valence-corrected chi connectivity index (χ3v) is 3.97. The van der Waals surface area contributed by atoms with Crippen LogP contribution in [0.1, 0.15) is 27.2 Å². The van der Waals surface area contributed by atoms with E-state index >= 15 is 0 Å². The van der Waals surface area contributed by atoms with E-state index in [0.29, 0.717) is 12.1 Å². The molecule has 12 heteroatoms. The van der Waals surface area contributed by atoms with Crippen LogP contribution in [-0.4, -0.2) is 29.5 Å². The standard InChI is InChI=1S/C20H14F4N4O4/c21-10-31-14-4-3-12(20(22,23)24)9-13(14)19(29)28-16-8-11(5-6-27-16)17(25)32-18(26)15-2-1-7-30-15/h1-9,25-26H,10H2,(H,27,28,29). The Kier molecular flexibility index (Phi) is 6.52. The number of rotatable bonds is 6. The maximum Gasteiger partial charge on any atom is 0.416 e.